The molecule has 2 nitrogen and oxygen atoms in total. The molecule has 0 bridgehead atoms. The van der Waals surface area contributed by atoms with Gasteiger partial charge < -0.3 is 10.1 Å². The van der Waals surface area contributed by atoms with Gasteiger partial charge in [0.15, 0.2) is 0 Å². The summed E-state index contributed by atoms with van der Waals surface area (Å²) in [6.45, 7) is 2.40. The number of benzene rings is 1. The van der Waals surface area contributed by atoms with E-state index in [9.17, 15) is 0 Å². The van der Waals surface area contributed by atoms with E-state index < -0.39 is 0 Å². The molecule has 0 amide bonds. The highest BCUT2D eigenvalue weighted by molar-refractivity contribution is 5.80. The first-order valence-corrected chi connectivity index (χ1v) is 4.99. The minimum atomic E-state index is 0.256. The molecule has 0 saturated carbocycles. The Labute approximate surface area is 83.6 Å². The molecule has 0 aliphatic carbocycles. The van der Waals surface area contributed by atoms with Crippen molar-refractivity contribution in [3.8, 4) is 0 Å². The third-order valence-corrected chi connectivity index (χ3v) is 2.71. The quantitative estimate of drug-likeness (QED) is 0.765. The highest BCUT2D eigenvalue weighted by Gasteiger charge is 2.05. The molecule has 0 radical (unpaired) electrons. The lowest BCUT2D eigenvalue weighted by Crippen LogP contribution is -1.96. The number of nitrogens with one attached hydrogen (secondary N) is 1. The van der Waals surface area contributed by atoms with Crippen LogP contribution in [0.5, 0.6) is 0 Å². The van der Waals surface area contributed by atoms with Gasteiger partial charge in [0.05, 0.1) is 0 Å². The number of hydrogen-bond donors (Lipinski definition) is 2. The van der Waals surface area contributed by atoms with Crippen LogP contribution in [0.2, 0.25) is 0 Å². The van der Waals surface area contributed by atoms with Crippen LogP contribution in [0.4, 0.5) is 0 Å². The van der Waals surface area contributed by atoms with E-state index in [0.717, 1.165) is 6.42 Å². The standard InChI is InChI=1S/C12H15NO/c1-9(5-7-14)10-2-3-12-11(8-10)4-6-13-12/h2-4,6,8-9,13-14H,5,7H2,1H3. The summed E-state index contributed by atoms with van der Waals surface area (Å²) in [4.78, 5) is 3.17. The van der Waals surface area contributed by atoms with Crippen LogP contribution in [0.15, 0.2) is 30.5 Å². The predicted octanol–water partition coefficient (Wildman–Crippen LogP) is 2.65. The van der Waals surface area contributed by atoms with Gasteiger partial charge in [-0.3, -0.25) is 0 Å². The van der Waals surface area contributed by atoms with Crippen molar-refractivity contribution in [1.82, 2.24) is 4.98 Å². The lowest BCUT2D eigenvalue weighted by Gasteiger charge is -2.09. The predicted molar refractivity (Wildman–Crippen MR) is 58.4 cm³/mol. The minimum absolute atomic E-state index is 0.256. The zero-order valence-corrected chi connectivity index (χ0v) is 8.33. The second kappa shape index (κ2) is 3.84. The Morgan fingerprint density at radius 1 is 1.36 bits per heavy atom. The molecule has 0 saturated heterocycles. The fourth-order valence-electron chi connectivity index (χ4n) is 1.74. The van der Waals surface area contributed by atoms with Gasteiger partial charge in [-0.2, -0.15) is 0 Å². The van der Waals surface area contributed by atoms with E-state index >= 15 is 0 Å². The van der Waals surface area contributed by atoms with Crippen LogP contribution in [0.1, 0.15) is 24.8 Å². The Hall–Kier alpha value is -1.28. The third kappa shape index (κ3) is 1.66. The summed E-state index contributed by atoms with van der Waals surface area (Å²) in [5.41, 5.74) is 2.47. The molecule has 14 heavy (non-hydrogen) atoms. The molecule has 1 unspecified atom stereocenters. The molecule has 0 aliphatic rings. The number of H-pyrrole nitrogens is 1. The number of aromatic nitrogens is 1. The molecule has 2 N–H and O–H groups in total. The Balaban J connectivity index is 2.33. The van der Waals surface area contributed by atoms with Gasteiger partial charge in [0.25, 0.3) is 0 Å². The molecule has 2 aromatic rings. The average molecular weight is 189 g/mol. The maximum Gasteiger partial charge on any atom is 0.0454 e. The first kappa shape index (κ1) is 9.28. The van der Waals surface area contributed by atoms with Crippen LogP contribution in [0.25, 0.3) is 10.9 Å². The normalized spacial score (nSPS) is 13.3. The van der Waals surface area contributed by atoms with E-state index in [0.29, 0.717) is 5.92 Å². The first-order chi connectivity index (χ1) is 6.81. The number of hydrogen-bond acceptors (Lipinski definition) is 1. The van der Waals surface area contributed by atoms with Gasteiger partial charge in [-0.05, 0) is 41.5 Å². The number of aliphatic hydroxyl groups is 1. The van der Waals surface area contributed by atoms with E-state index in [1.807, 2.05) is 6.20 Å². The highest BCUT2D eigenvalue weighted by Crippen LogP contribution is 2.22. The lowest BCUT2D eigenvalue weighted by atomic mass is 9.97. The van der Waals surface area contributed by atoms with Gasteiger partial charge in [-0.1, -0.05) is 13.0 Å². The monoisotopic (exact) mass is 189 g/mol. The topological polar surface area (TPSA) is 36.0 Å². The van der Waals surface area contributed by atoms with Crippen molar-refractivity contribution >= 4 is 10.9 Å². The molecular formula is C12H15NO. The molecule has 0 spiro atoms. The molecule has 1 aromatic heterocycles. The van der Waals surface area contributed by atoms with Crippen LogP contribution >= 0.6 is 0 Å². The van der Waals surface area contributed by atoms with Crippen LogP contribution < -0.4 is 0 Å². The molecule has 0 aliphatic heterocycles. The molecule has 2 rings (SSSR count). The van der Waals surface area contributed by atoms with E-state index in [2.05, 4.69) is 36.2 Å². The summed E-state index contributed by atoms with van der Waals surface area (Å²) in [5, 5.41) is 10.1. The molecule has 1 atom stereocenters. The van der Waals surface area contributed by atoms with Crippen molar-refractivity contribution in [2.75, 3.05) is 6.61 Å². The summed E-state index contributed by atoms with van der Waals surface area (Å²) < 4.78 is 0. The second-order valence-electron chi connectivity index (χ2n) is 3.74. The molecule has 1 aromatic carbocycles. The Morgan fingerprint density at radius 2 is 2.21 bits per heavy atom. The Bertz CT molecular complexity index is 419. The Morgan fingerprint density at radius 3 is 3.00 bits per heavy atom. The largest absolute Gasteiger partial charge is 0.396 e. The van der Waals surface area contributed by atoms with Crippen molar-refractivity contribution in [1.29, 1.82) is 0 Å². The third-order valence-electron chi connectivity index (χ3n) is 2.71. The maximum atomic E-state index is 8.87. The smallest absolute Gasteiger partial charge is 0.0454 e. The van der Waals surface area contributed by atoms with Crippen LogP contribution in [-0.2, 0) is 0 Å². The van der Waals surface area contributed by atoms with Crippen molar-refractivity contribution in [2.45, 2.75) is 19.3 Å². The summed E-state index contributed by atoms with van der Waals surface area (Å²) in [7, 11) is 0. The van der Waals surface area contributed by atoms with E-state index in [4.69, 9.17) is 5.11 Å². The number of aromatic amines is 1. The van der Waals surface area contributed by atoms with Crippen LogP contribution in [0.3, 0.4) is 0 Å². The molecule has 1 heterocycles. The van der Waals surface area contributed by atoms with Crippen LogP contribution in [-0.4, -0.2) is 16.7 Å². The summed E-state index contributed by atoms with van der Waals surface area (Å²) in [6, 6.07) is 8.48. The summed E-state index contributed by atoms with van der Waals surface area (Å²) in [6.07, 6.45) is 2.78. The average Bonchev–Trinajstić information content (AvgIpc) is 2.64. The van der Waals surface area contributed by atoms with Gasteiger partial charge in [0.2, 0.25) is 0 Å². The Kier molecular flexibility index (Phi) is 2.55. The molecule has 74 valence electrons. The number of rotatable bonds is 3. The summed E-state index contributed by atoms with van der Waals surface area (Å²) in [5.74, 6) is 0.430. The second-order valence-corrected chi connectivity index (χ2v) is 3.74. The van der Waals surface area contributed by atoms with Crippen molar-refractivity contribution in [3.63, 3.8) is 0 Å². The maximum absolute atomic E-state index is 8.87. The first-order valence-electron chi connectivity index (χ1n) is 4.99. The van der Waals surface area contributed by atoms with Gasteiger partial charge >= 0.3 is 0 Å². The van der Waals surface area contributed by atoms with Gasteiger partial charge in [0, 0.05) is 18.3 Å². The molecule has 0 fully saturated rings. The summed E-state index contributed by atoms with van der Waals surface area (Å²) >= 11 is 0. The fourth-order valence-corrected chi connectivity index (χ4v) is 1.74. The van der Waals surface area contributed by atoms with E-state index in [1.165, 1.54) is 16.5 Å². The molecule has 2 heteroatoms. The lowest BCUT2D eigenvalue weighted by molar-refractivity contribution is 0.278. The highest BCUT2D eigenvalue weighted by atomic mass is 16.3. The van der Waals surface area contributed by atoms with Crippen molar-refractivity contribution in [3.05, 3.63) is 36.0 Å². The van der Waals surface area contributed by atoms with E-state index in [1.54, 1.807) is 0 Å². The van der Waals surface area contributed by atoms with Crippen LogP contribution in [0, 0.1) is 0 Å². The zero-order chi connectivity index (χ0) is 9.97. The van der Waals surface area contributed by atoms with Crippen molar-refractivity contribution in [2.24, 2.45) is 0 Å². The van der Waals surface area contributed by atoms with E-state index in [-0.39, 0.29) is 6.61 Å². The fraction of sp³-hybridized carbons (Fsp3) is 0.333. The van der Waals surface area contributed by atoms with Crippen molar-refractivity contribution < 1.29 is 5.11 Å². The van der Waals surface area contributed by atoms with Gasteiger partial charge in [-0.15, -0.1) is 0 Å². The van der Waals surface area contributed by atoms with Gasteiger partial charge in [0.1, 0.15) is 0 Å². The van der Waals surface area contributed by atoms with Gasteiger partial charge in [-0.25, -0.2) is 0 Å². The SMILES string of the molecule is CC(CCO)c1ccc2[nH]ccc2c1. The minimum Gasteiger partial charge on any atom is -0.396 e. The molecular weight excluding hydrogens is 174 g/mol. The number of fused-ring (bicyclic) bond motifs is 1. The number of aliphatic hydroxyl groups excluding tert-OH is 1. The zero-order valence-electron chi connectivity index (χ0n) is 8.33.